The molecule has 3 aromatic rings. The summed E-state index contributed by atoms with van der Waals surface area (Å²) in [5, 5.41) is 13.6. The number of halogens is 3. The number of hydrogen-bond donors (Lipinski definition) is 1. The fourth-order valence-electron chi connectivity index (χ4n) is 2.81. The fraction of sp³-hybridized carbons (Fsp3) is 0.182. The third-order valence-corrected chi connectivity index (χ3v) is 5.83. The minimum absolute atomic E-state index is 0.105. The highest BCUT2D eigenvalue weighted by molar-refractivity contribution is 9.10. The minimum Gasteiger partial charge on any atom is -0.496 e. The van der Waals surface area contributed by atoms with Gasteiger partial charge in [0.15, 0.2) is 10.4 Å². The first kappa shape index (κ1) is 24.4. The maximum atomic E-state index is 13.2. The van der Waals surface area contributed by atoms with Crippen molar-refractivity contribution in [3.63, 3.8) is 0 Å². The molecule has 11 heteroatoms. The van der Waals surface area contributed by atoms with Crippen LogP contribution < -0.4 is 10.2 Å². The molecule has 0 atom stereocenters. The van der Waals surface area contributed by atoms with Crippen molar-refractivity contribution < 1.29 is 22.7 Å². The Kier molecular flexibility index (Phi) is 8.19. The van der Waals surface area contributed by atoms with Crippen molar-refractivity contribution in [1.29, 1.82) is 5.26 Å². The van der Waals surface area contributed by atoms with E-state index in [1.54, 1.807) is 31.2 Å². The van der Waals surface area contributed by atoms with E-state index in [4.69, 9.17) is 9.15 Å². The quantitative estimate of drug-likeness (QED) is 0.228. The summed E-state index contributed by atoms with van der Waals surface area (Å²) in [5.41, 5.74) is 4.09. The molecule has 3 rings (SSSR count). The zero-order valence-corrected chi connectivity index (χ0v) is 19.8. The smallest absolute Gasteiger partial charge is 0.307 e. The lowest BCUT2D eigenvalue weighted by molar-refractivity contribution is 0.0926. The molecule has 170 valence electrons. The third kappa shape index (κ3) is 6.18. The van der Waals surface area contributed by atoms with Crippen molar-refractivity contribution in [3.8, 4) is 11.8 Å². The van der Waals surface area contributed by atoms with Gasteiger partial charge >= 0.3 is 5.91 Å². The highest BCUT2D eigenvalue weighted by Crippen LogP contribution is 2.32. The summed E-state index contributed by atoms with van der Waals surface area (Å²) in [6.07, 6.45) is -1.29. The van der Waals surface area contributed by atoms with Gasteiger partial charge in [-0.3, -0.25) is 4.79 Å². The summed E-state index contributed by atoms with van der Waals surface area (Å²) in [6, 6.07) is 11.6. The van der Waals surface area contributed by atoms with Crippen molar-refractivity contribution in [1.82, 2.24) is 10.4 Å². The van der Waals surface area contributed by atoms with Crippen LogP contribution in [-0.4, -0.2) is 24.2 Å². The van der Waals surface area contributed by atoms with Gasteiger partial charge in [0.2, 0.25) is 0 Å². The molecule has 2 aromatic heterocycles. The number of hydrogen-bond acceptors (Lipinski definition) is 7. The summed E-state index contributed by atoms with van der Waals surface area (Å²) in [5.74, 6) is 0.480. The average Bonchev–Trinajstić information content (AvgIpc) is 3.23. The summed E-state index contributed by atoms with van der Waals surface area (Å²) in [7, 11) is 1.51. The van der Waals surface area contributed by atoms with Crippen LogP contribution in [0.5, 0.6) is 5.75 Å². The molecular formula is C22H17BrF2N4O3S. The second-order valence-corrected chi connectivity index (χ2v) is 8.37. The van der Waals surface area contributed by atoms with Crippen molar-refractivity contribution in [2.24, 2.45) is 5.10 Å². The topological polar surface area (TPSA) is 101 Å². The molecule has 7 nitrogen and oxygen atoms in total. The Bertz CT molecular complexity index is 1240. The number of amides is 1. The van der Waals surface area contributed by atoms with E-state index in [9.17, 15) is 18.8 Å². The average molecular weight is 535 g/mol. The van der Waals surface area contributed by atoms with Crippen LogP contribution >= 0.6 is 27.7 Å². The van der Waals surface area contributed by atoms with Gasteiger partial charge in [-0.05, 0) is 70.4 Å². The highest BCUT2D eigenvalue weighted by Gasteiger charge is 2.17. The van der Waals surface area contributed by atoms with Gasteiger partial charge in [0.25, 0.3) is 6.43 Å². The van der Waals surface area contributed by atoms with E-state index in [1.807, 2.05) is 6.07 Å². The molecular weight excluding hydrogens is 518 g/mol. The van der Waals surface area contributed by atoms with Gasteiger partial charge in [0.05, 0.1) is 18.9 Å². The number of nitrogens with zero attached hydrogens (tertiary/aromatic N) is 3. The van der Waals surface area contributed by atoms with E-state index in [1.165, 1.54) is 25.5 Å². The summed E-state index contributed by atoms with van der Waals surface area (Å²) in [4.78, 5) is 15.9. The van der Waals surface area contributed by atoms with Crippen LogP contribution in [0.4, 0.5) is 8.78 Å². The number of aryl methyl sites for hydroxylation is 1. The fourth-order valence-corrected chi connectivity index (χ4v) is 4.16. The number of furan rings is 1. The van der Waals surface area contributed by atoms with Gasteiger partial charge < -0.3 is 9.15 Å². The number of alkyl halides is 2. The Morgan fingerprint density at radius 1 is 1.39 bits per heavy atom. The number of thioether (sulfide) groups is 1. The molecule has 0 aliphatic rings. The maximum absolute atomic E-state index is 13.2. The SMILES string of the molecule is COc1ccc(/C=N\NC(=O)c2ccc(Br)o2)cc1CSc1nc(C(F)F)cc(C)c1C#N. The molecule has 2 heterocycles. The molecule has 33 heavy (non-hydrogen) atoms. The van der Waals surface area contributed by atoms with Crippen LogP contribution in [-0.2, 0) is 5.75 Å². The molecule has 0 saturated carbocycles. The van der Waals surface area contributed by atoms with Gasteiger partial charge in [0, 0.05) is 11.3 Å². The third-order valence-electron chi connectivity index (χ3n) is 4.38. The van der Waals surface area contributed by atoms with Gasteiger partial charge in [-0.1, -0.05) is 0 Å². The lowest BCUT2D eigenvalue weighted by Gasteiger charge is -2.11. The Hall–Kier alpha value is -3.23. The molecule has 1 aromatic carbocycles. The standard InChI is InChI=1S/C22H17BrF2N4O3S/c1-12-7-16(20(24)25)28-22(15(12)9-26)33-11-14-8-13(3-4-17(14)31-2)10-27-29-21(30)18-5-6-19(23)32-18/h3-8,10,20H,11H2,1-2H3,(H,29,30)/b27-10-. The number of pyridine rings is 1. The molecule has 0 fully saturated rings. The number of nitriles is 1. The monoisotopic (exact) mass is 534 g/mol. The number of ether oxygens (including phenoxy) is 1. The lowest BCUT2D eigenvalue weighted by atomic mass is 10.1. The molecule has 0 spiro atoms. The van der Waals surface area contributed by atoms with Crippen molar-refractivity contribution in [3.05, 3.63) is 74.8 Å². The number of carbonyl (C=O) groups is 1. The Morgan fingerprint density at radius 3 is 2.82 bits per heavy atom. The lowest BCUT2D eigenvalue weighted by Crippen LogP contribution is -2.16. The first-order valence-corrected chi connectivity index (χ1v) is 11.2. The normalized spacial score (nSPS) is 11.1. The first-order valence-electron chi connectivity index (χ1n) is 9.40. The molecule has 0 bridgehead atoms. The van der Waals surface area contributed by atoms with Crippen LogP contribution in [0.3, 0.4) is 0 Å². The largest absolute Gasteiger partial charge is 0.496 e. The summed E-state index contributed by atoms with van der Waals surface area (Å²) < 4.78 is 37.3. The zero-order valence-electron chi connectivity index (χ0n) is 17.4. The molecule has 0 aliphatic heterocycles. The van der Waals surface area contributed by atoms with Crippen LogP contribution in [0.1, 0.15) is 44.9 Å². The minimum atomic E-state index is -2.73. The molecule has 1 N–H and O–H groups in total. The zero-order chi connectivity index (χ0) is 24.0. The predicted octanol–water partition coefficient (Wildman–Crippen LogP) is 5.62. The van der Waals surface area contributed by atoms with Crippen molar-refractivity contribution in [2.75, 3.05) is 7.11 Å². The second-order valence-electron chi connectivity index (χ2n) is 6.62. The van der Waals surface area contributed by atoms with Crippen LogP contribution in [0.2, 0.25) is 0 Å². The van der Waals surface area contributed by atoms with E-state index in [2.05, 4.69) is 31.4 Å². The number of benzene rings is 1. The first-order chi connectivity index (χ1) is 15.8. The van der Waals surface area contributed by atoms with E-state index >= 15 is 0 Å². The number of carbonyl (C=O) groups excluding carboxylic acids is 1. The molecule has 1 amide bonds. The van der Waals surface area contributed by atoms with E-state index < -0.39 is 12.3 Å². The van der Waals surface area contributed by atoms with Crippen LogP contribution in [0.25, 0.3) is 0 Å². The predicted molar refractivity (Wildman–Crippen MR) is 123 cm³/mol. The molecule has 0 unspecified atom stereocenters. The number of nitrogens with one attached hydrogen (secondary N) is 1. The number of aromatic nitrogens is 1. The number of methoxy groups -OCH3 is 1. The van der Waals surface area contributed by atoms with Gasteiger partial charge in [0.1, 0.15) is 22.5 Å². The molecule has 0 saturated heterocycles. The molecule has 0 radical (unpaired) electrons. The summed E-state index contributed by atoms with van der Waals surface area (Å²) in [6.45, 7) is 1.60. The molecule has 0 aliphatic carbocycles. The Labute approximate surface area is 201 Å². The highest BCUT2D eigenvalue weighted by atomic mass is 79.9. The Balaban J connectivity index is 1.77. The van der Waals surface area contributed by atoms with Gasteiger partial charge in [-0.15, -0.1) is 11.8 Å². The van der Waals surface area contributed by atoms with Crippen molar-refractivity contribution in [2.45, 2.75) is 24.1 Å². The van der Waals surface area contributed by atoms with Gasteiger partial charge in [-0.25, -0.2) is 19.2 Å². The maximum Gasteiger partial charge on any atom is 0.307 e. The van der Waals surface area contributed by atoms with Crippen LogP contribution in [0, 0.1) is 18.3 Å². The van der Waals surface area contributed by atoms with E-state index in [0.717, 1.165) is 17.3 Å². The summed E-state index contributed by atoms with van der Waals surface area (Å²) >= 11 is 4.28. The van der Waals surface area contributed by atoms with E-state index in [0.29, 0.717) is 27.3 Å². The van der Waals surface area contributed by atoms with Gasteiger partial charge in [-0.2, -0.15) is 10.4 Å². The Morgan fingerprint density at radius 2 is 2.18 bits per heavy atom. The second kappa shape index (κ2) is 11.1. The van der Waals surface area contributed by atoms with Crippen molar-refractivity contribution >= 4 is 39.8 Å². The van der Waals surface area contributed by atoms with E-state index in [-0.39, 0.29) is 22.0 Å². The van der Waals surface area contributed by atoms with Crippen LogP contribution in [0.15, 0.2) is 55.6 Å². The number of rotatable bonds is 8. The number of hydrazone groups is 1.